The van der Waals surface area contributed by atoms with E-state index < -0.39 is 8.07 Å². The molecule has 0 aliphatic rings. The number of rotatable bonds is 3. The fourth-order valence-corrected chi connectivity index (χ4v) is 3.41. The van der Waals surface area contributed by atoms with Crippen LogP contribution in [0.4, 0.5) is 0 Å². The normalized spacial score (nSPS) is 13.2. The minimum absolute atomic E-state index is 0.419. The first-order valence-corrected chi connectivity index (χ1v) is 10.5. The molecule has 1 heteroatoms. The van der Waals surface area contributed by atoms with Crippen molar-refractivity contribution in [2.45, 2.75) is 45.3 Å². The lowest BCUT2D eigenvalue weighted by Gasteiger charge is -2.34. The number of allylic oxidation sites excluding steroid dienone is 1. The monoisotopic (exact) mass is 282 g/mol. The molecule has 0 heterocycles. The highest BCUT2D eigenvalue weighted by molar-refractivity contribution is 6.84. The third-order valence-electron chi connectivity index (χ3n) is 4.69. The molecule has 0 radical (unpaired) electrons. The van der Waals surface area contributed by atoms with Gasteiger partial charge in [-0.15, -0.1) is 0 Å². The van der Waals surface area contributed by atoms with Crippen LogP contribution < -0.4 is 0 Å². The Morgan fingerprint density at radius 1 is 0.950 bits per heavy atom. The molecular formula is C19H26Si. The maximum atomic E-state index is 2.51. The Bertz CT molecular complexity index is 610. The minimum atomic E-state index is -1.31. The van der Waals surface area contributed by atoms with Crippen LogP contribution in [0, 0.1) is 0 Å². The molecule has 0 fully saturated rings. The second-order valence-corrected chi connectivity index (χ2v) is 12.5. The van der Waals surface area contributed by atoms with Crippen molar-refractivity contribution in [1.82, 2.24) is 0 Å². The van der Waals surface area contributed by atoms with Gasteiger partial charge in [0.2, 0.25) is 0 Å². The van der Waals surface area contributed by atoms with E-state index >= 15 is 0 Å². The van der Waals surface area contributed by atoms with E-state index in [4.69, 9.17) is 0 Å². The van der Waals surface area contributed by atoms with Crippen LogP contribution >= 0.6 is 0 Å². The molecule has 0 N–H and O–H groups in total. The summed E-state index contributed by atoms with van der Waals surface area (Å²) in [5.41, 5.74) is 3.94. The summed E-state index contributed by atoms with van der Waals surface area (Å²) < 4.78 is 0. The van der Waals surface area contributed by atoms with Crippen molar-refractivity contribution >= 4 is 18.8 Å². The molecule has 2 aromatic carbocycles. The maximum absolute atomic E-state index is 2.51. The van der Waals surface area contributed by atoms with Crippen LogP contribution in [0.5, 0.6) is 0 Å². The zero-order chi connectivity index (χ0) is 14.8. The molecule has 106 valence electrons. The third-order valence-corrected chi connectivity index (χ3v) is 9.62. The second-order valence-electron chi connectivity index (χ2n) is 7.22. The molecule has 0 aliphatic heterocycles. The molecule has 0 atom stereocenters. The smallest absolute Gasteiger partial charge is 0.0766 e. The third kappa shape index (κ3) is 3.21. The summed E-state index contributed by atoms with van der Waals surface area (Å²) in [7, 11) is -1.31. The largest absolute Gasteiger partial charge is 0.0978 e. The van der Waals surface area contributed by atoms with E-state index in [-0.39, 0.29) is 0 Å². The summed E-state index contributed by atoms with van der Waals surface area (Å²) in [4.78, 5) is 0. The van der Waals surface area contributed by atoms with Crippen LogP contribution in [0.3, 0.4) is 0 Å². The van der Waals surface area contributed by atoms with Gasteiger partial charge < -0.3 is 0 Å². The van der Waals surface area contributed by atoms with E-state index in [1.54, 1.807) is 0 Å². The molecule has 0 nitrogen and oxygen atoms in total. The van der Waals surface area contributed by atoms with Crippen molar-refractivity contribution < 1.29 is 0 Å². The van der Waals surface area contributed by atoms with Gasteiger partial charge in [-0.1, -0.05) is 88.1 Å². The summed E-state index contributed by atoms with van der Waals surface area (Å²) in [6.45, 7) is 12.0. The number of hydrogen-bond acceptors (Lipinski definition) is 0. The van der Waals surface area contributed by atoms with Gasteiger partial charge in [-0.3, -0.25) is 0 Å². The van der Waals surface area contributed by atoms with Crippen LogP contribution in [0.2, 0.25) is 18.1 Å². The van der Waals surface area contributed by atoms with Crippen molar-refractivity contribution in [3.8, 4) is 0 Å². The van der Waals surface area contributed by atoms with Crippen molar-refractivity contribution in [2.75, 3.05) is 0 Å². The standard InChI is InChI=1S/C19H26Si/c1-19(2,3)20(4,5)15-9-13-17-12-8-11-16-10-6-7-14-18(16)17/h6-12,14-15H,13H2,1-5H3/b15-9+. The summed E-state index contributed by atoms with van der Waals surface area (Å²) in [6, 6.07) is 15.3. The van der Waals surface area contributed by atoms with E-state index in [1.165, 1.54) is 16.3 Å². The van der Waals surface area contributed by atoms with Gasteiger partial charge in [-0.05, 0) is 27.8 Å². The van der Waals surface area contributed by atoms with Gasteiger partial charge in [0.25, 0.3) is 0 Å². The lowest BCUT2D eigenvalue weighted by Crippen LogP contribution is -2.34. The Balaban J connectivity index is 2.22. The molecule has 20 heavy (non-hydrogen) atoms. The highest BCUT2D eigenvalue weighted by atomic mass is 28.3. The fraction of sp³-hybridized carbons (Fsp3) is 0.368. The van der Waals surface area contributed by atoms with Crippen LogP contribution in [-0.4, -0.2) is 8.07 Å². The van der Waals surface area contributed by atoms with Gasteiger partial charge in [-0.25, -0.2) is 0 Å². The number of benzene rings is 2. The lowest BCUT2D eigenvalue weighted by atomic mass is 10.0. The van der Waals surface area contributed by atoms with Gasteiger partial charge in [-0.2, -0.15) is 0 Å². The van der Waals surface area contributed by atoms with Gasteiger partial charge in [0.15, 0.2) is 0 Å². The minimum Gasteiger partial charge on any atom is -0.0978 e. The lowest BCUT2D eigenvalue weighted by molar-refractivity contribution is 0.728. The van der Waals surface area contributed by atoms with Crippen molar-refractivity contribution in [2.24, 2.45) is 0 Å². The summed E-state index contributed by atoms with van der Waals surface area (Å²) in [6.07, 6.45) is 3.42. The zero-order valence-corrected chi connectivity index (χ0v) is 14.4. The van der Waals surface area contributed by atoms with Gasteiger partial charge in [0.1, 0.15) is 0 Å². The quantitative estimate of drug-likeness (QED) is 0.607. The van der Waals surface area contributed by atoms with E-state index in [0.29, 0.717) is 5.04 Å². The Morgan fingerprint density at radius 2 is 1.60 bits per heavy atom. The highest BCUT2D eigenvalue weighted by Crippen LogP contribution is 2.36. The van der Waals surface area contributed by atoms with Gasteiger partial charge in [0.05, 0.1) is 8.07 Å². The first kappa shape index (κ1) is 15.1. The van der Waals surface area contributed by atoms with E-state index in [9.17, 15) is 0 Å². The molecule has 0 aromatic heterocycles. The van der Waals surface area contributed by atoms with Gasteiger partial charge >= 0.3 is 0 Å². The van der Waals surface area contributed by atoms with Crippen LogP contribution in [0.15, 0.2) is 54.2 Å². The molecular weight excluding hydrogens is 256 g/mol. The Kier molecular flexibility index (Phi) is 4.19. The molecule has 0 amide bonds. The first-order chi connectivity index (χ1) is 9.31. The van der Waals surface area contributed by atoms with Crippen molar-refractivity contribution in [3.63, 3.8) is 0 Å². The number of fused-ring (bicyclic) bond motifs is 1. The van der Waals surface area contributed by atoms with Crippen molar-refractivity contribution in [1.29, 1.82) is 0 Å². The predicted octanol–water partition coefficient (Wildman–Crippen LogP) is 5.99. The molecule has 0 aliphatic carbocycles. The highest BCUT2D eigenvalue weighted by Gasteiger charge is 2.32. The number of hydrogen-bond donors (Lipinski definition) is 0. The molecule has 0 unspecified atom stereocenters. The summed E-state index contributed by atoms with van der Waals surface area (Å²) >= 11 is 0. The zero-order valence-electron chi connectivity index (χ0n) is 13.4. The van der Waals surface area contributed by atoms with Crippen molar-refractivity contribution in [3.05, 3.63) is 59.8 Å². The Morgan fingerprint density at radius 3 is 2.30 bits per heavy atom. The van der Waals surface area contributed by atoms with Crippen LogP contribution in [0.1, 0.15) is 26.3 Å². The molecule has 0 bridgehead atoms. The van der Waals surface area contributed by atoms with E-state index in [2.05, 4.69) is 88.1 Å². The second kappa shape index (κ2) is 5.57. The molecule has 0 spiro atoms. The van der Waals surface area contributed by atoms with E-state index in [1.807, 2.05) is 0 Å². The molecule has 0 saturated carbocycles. The Hall–Kier alpha value is -1.34. The fourth-order valence-electron chi connectivity index (χ4n) is 2.20. The molecule has 2 rings (SSSR count). The molecule has 0 saturated heterocycles. The predicted molar refractivity (Wildman–Crippen MR) is 94.0 cm³/mol. The topological polar surface area (TPSA) is 0 Å². The van der Waals surface area contributed by atoms with Gasteiger partial charge in [0, 0.05) is 0 Å². The van der Waals surface area contributed by atoms with Crippen LogP contribution in [0.25, 0.3) is 10.8 Å². The summed E-state index contributed by atoms with van der Waals surface area (Å²) in [5, 5.41) is 3.14. The summed E-state index contributed by atoms with van der Waals surface area (Å²) in [5.74, 6) is 0. The average molecular weight is 283 g/mol. The molecule has 2 aromatic rings. The Labute approximate surface area is 124 Å². The maximum Gasteiger partial charge on any atom is 0.0766 e. The van der Waals surface area contributed by atoms with Crippen LogP contribution in [-0.2, 0) is 6.42 Å². The van der Waals surface area contributed by atoms with E-state index in [0.717, 1.165) is 6.42 Å². The first-order valence-electron chi connectivity index (χ1n) is 7.46. The SMILES string of the molecule is CC(C)(C)[Si](C)(C)/C=C/Cc1cccc2ccccc12. The average Bonchev–Trinajstić information content (AvgIpc) is 2.37.